The summed E-state index contributed by atoms with van der Waals surface area (Å²) in [6, 6.07) is 4.33. The van der Waals surface area contributed by atoms with Crippen molar-refractivity contribution in [1.29, 1.82) is 0 Å². The number of piperidine rings is 1. The van der Waals surface area contributed by atoms with Crippen LogP contribution in [0.2, 0.25) is 0 Å². The van der Waals surface area contributed by atoms with E-state index < -0.39 is 15.7 Å². The Morgan fingerprint density at radius 1 is 1.39 bits per heavy atom. The number of carbonyl (C=O) groups excluding carboxylic acids is 1. The fourth-order valence-corrected chi connectivity index (χ4v) is 3.34. The first-order valence-corrected chi connectivity index (χ1v) is 10.3. The predicted molar refractivity (Wildman–Crippen MR) is 90.7 cm³/mol. The van der Waals surface area contributed by atoms with Gasteiger partial charge in [0.2, 0.25) is 0 Å². The minimum atomic E-state index is -2.95. The lowest BCUT2D eigenvalue weighted by atomic mass is 10.0. The molecule has 1 aliphatic heterocycles. The smallest absolute Gasteiger partial charge is 0.251 e. The topological polar surface area (TPSA) is 66.5 Å². The molecule has 1 aliphatic rings. The van der Waals surface area contributed by atoms with E-state index in [1.54, 1.807) is 6.07 Å². The van der Waals surface area contributed by atoms with Crippen LogP contribution in [0.25, 0.3) is 0 Å². The Labute approximate surface area is 144 Å². The molecule has 1 fully saturated rings. The summed E-state index contributed by atoms with van der Waals surface area (Å²) in [5.41, 5.74) is 0.296. The fourth-order valence-electron chi connectivity index (χ4n) is 2.50. The van der Waals surface area contributed by atoms with E-state index in [4.69, 9.17) is 0 Å². The van der Waals surface area contributed by atoms with Crippen molar-refractivity contribution in [2.24, 2.45) is 0 Å². The molecule has 5 nitrogen and oxygen atoms in total. The molecule has 0 aliphatic carbocycles. The van der Waals surface area contributed by atoms with E-state index in [0.717, 1.165) is 25.9 Å². The van der Waals surface area contributed by atoms with E-state index in [-0.39, 0.29) is 17.7 Å². The zero-order valence-corrected chi connectivity index (χ0v) is 15.3. The molecule has 0 atom stereocenters. The standard InChI is InChI=1S/C15H20BrFN2O3S/c1-23(21,22)9-8-19-6-4-12(5-7-19)18-15(20)11-2-3-13(16)14(17)10-11/h2-3,10,12H,4-9H2,1H3,(H,18,20). The molecule has 1 amide bonds. The molecular weight excluding hydrogens is 387 g/mol. The van der Waals surface area contributed by atoms with Gasteiger partial charge in [-0.15, -0.1) is 0 Å². The summed E-state index contributed by atoms with van der Waals surface area (Å²) in [6.45, 7) is 2.02. The number of sulfone groups is 1. The van der Waals surface area contributed by atoms with E-state index >= 15 is 0 Å². The third kappa shape index (κ3) is 5.86. The van der Waals surface area contributed by atoms with Gasteiger partial charge in [-0.1, -0.05) is 0 Å². The predicted octanol–water partition coefficient (Wildman–Crippen LogP) is 1.83. The molecular formula is C15H20BrFN2O3S. The summed E-state index contributed by atoms with van der Waals surface area (Å²) >= 11 is 3.06. The summed E-state index contributed by atoms with van der Waals surface area (Å²) in [7, 11) is -2.95. The Bertz CT molecular complexity index is 673. The zero-order chi connectivity index (χ0) is 17.0. The summed E-state index contributed by atoms with van der Waals surface area (Å²) in [4.78, 5) is 14.2. The lowest BCUT2D eigenvalue weighted by Gasteiger charge is -2.32. The molecule has 8 heteroatoms. The SMILES string of the molecule is CS(=O)(=O)CCN1CCC(NC(=O)c2ccc(Br)c(F)c2)CC1. The third-order valence-corrected chi connectivity index (χ3v) is 5.45. The van der Waals surface area contributed by atoms with Gasteiger partial charge in [0.25, 0.3) is 5.91 Å². The van der Waals surface area contributed by atoms with Crippen LogP contribution in [0.1, 0.15) is 23.2 Å². The molecule has 0 spiro atoms. The van der Waals surface area contributed by atoms with Crippen molar-refractivity contribution < 1.29 is 17.6 Å². The molecule has 0 aromatic heterocycles. The van der Waals surface area contributed by atoms with Crippen LogP contribution in [0.15, 0.2) is 22.7 Å². The molecule has 0 saturated carbocycles. The van der Waals surface area contributed by atoms with Gasteiger partial charge in [0.15, 0.2) is 0 Å². The summed E-state index contributed by atoms with van der Waals surface area (Å²) < 4.78 is 36.1. The average molecular weight is 407 g/mol. The van der Waals surface area contributed by atoms with Gasteiger partial charge in [-0.05, 0) is 47.0 Å². The van der Waals surface area contributed by atoms with Gasteiger partial charge in [-0.3, -0.25) is 4.79 Å². The Balaban J connectivity index is 1.81. The van der Waals surface area contributed by atoms with E-state index in [2.05, 4.69) is 26.1 Å². The maximum Gasteiger partial charge on any atom is 0.251 e. The monoisotopic (exact) mass is 406 g/mol. The third-order valence-electron chi connectivity index (χ3n) is 3.88. The molecule has 1 heterocycles. The molecule has 1 N–H and O–H groups in total. The number of benzene rings is 1. The lowest BCUT2D eigenvalue weighted by molar-refractivity contribution is 0.0912. The van der Waals surface area contributed by atoms with Crippen LogP contribution >= 0.6 is 15.9 Å². The highest BCUT2D eigenvalue weighted by Gasteiger charge is 2.22. The Kier molecular flexibility index (Phi) is 6.16. The number of carbonyl (C=O) groups is 1. The summed E-state index contributed by atoms with van der Waals surface area (Å²) in [6.07, 6.45) is 2.75. The molecule has 0 bridgehead atoms. The van der Waals surface area contributed by atoms with Crippen LogP contribution in [-0.4, -0.2) is 56.9 Å². The normalized spacial score (nSPS) is 17.2. The van der Waals surface area contributed by atoms with Crippen LogP contribution < -0.4 is 5.32 Å². The van der Waals surface area contributed by atoms with Crippen molar-refractivity contribution >= 4 is 31.7 Å². The number of halogens is 2. The molecule has 0 unspecified atom stereocenters. The number of hydrogen-bond acceptors (Lipinski definition) is 4. The van der Waals surface area contributed by atoms with Gasteiger partial charge in [-0.25, -0.2) is 12.8 Å². The van der Waals surface area contributed by atoms with Crippen molar-refractivity contribution in [1.82, 2.24) is 10.2 Å². The van der Waals surface area contributed by atoms with Crippen molar-refractivity contribution in [2.45, 2.75) is 18.9 Å². The van der Waals surface area contributed by atoms with Gasteiger partial charge in [0.05, 0.1) is 10.2 Å². The first-order chi connectivity index (χ1) is 10.7. The van der Waals surface area contributed by atoms with Gasteiger partial charge >= 0.3 is 0 Å². The number of amides is 1. The van der Waals surface area contributed by atoms with Crippen molar-refractivity contribution in [3.05, 3.63) is 34.1 Å². The van der Waals surface area contributed by atoms with Crippen LogP contribution in [0, 0.1) is 5.82 Å². The molecule has 0 radical (unpaired) electrons. The van der Waals surface area contributed by atoms with Gasteiger partial charge < -0.3 is 10.2 Å². The quantitative estimate of drug-likeness (QED) is 0.809. The van der Waals surface area contributed by atoms with Crippen molar-refractivity contribution in [3.63, 3.8) is 0 Å². The number of rotatable bonds is 5. The van der Waals surface area contributed by atoms with Gasteiger partial charge in [0.1, 0.15) is 15.7 Å². The molecule has 2 rings (SSSR count). The Hall–Kier alpha value is -0.990. The number of nitrogens with one attached hydrogen (secondary N) is 1. The van der Waals surface area contributed by atoms with Crippen molar-refractivity contribution in [3.8, 4) is 0 Å². The number of hydrogen-bond donors (Lipinski definition) is 1. The van der Waals surface area contributed by atoms with Crippen LogP contribution in [0.4, 0.5) is 4.39 Å². The van der Waals surface area contributed by atoms with Crippen molar-refractivity contribution in [2.75, 3.05) is 31.6 Å². The summed E-state index contributed by atoms with van der Waals surface area (Å²) in [5, 5.41) is 2.91. The van der Waals surface area contributed by atoms with E-state index in [9.17, 15) is 17.6 Å². The average Bonchev–Trinajstić information content (AvgIpc) is 2.48. The molecule has 1 aromatic rings. The highest BCUT2D eigenvalue weighted by molar-refractivity contribution is 9.10. The Morgan fingerprint density at radius 2 is 2.04 bits per heavy atom. The van der Waals surface area contributed by atoms with E-state index in [1.165, 1.54) is 18.4 Å². The summed E-state index contributed by atoms with van der Waals surface area (Å²) in [5.74, 6) is -0.596. The van der Waals surface area contributed by atoms with Gasteiger partial charge in [0, 0.05) is 37.5 Å². The Morgan fingerprint density at radius 3 is 2.61 bits per heavy atom. The second kappa shape index (κ2) is 7.72. The fraction of sp³-hybridized carbons (Fsp3) is 0.533. The molecule has 23 heavy (non-hydrogen) atoms. The van der Waals surface area contributed by atoms with E-state index in [1.807, 2.05) is 0 Å². The first kappa shape index (κ1) is 18.4. The second-order valence-electron chi connectivity index (χ2n) is 5.85. The number of likely N-dealkylation sites (tertiary alicyclic amines) is 1. The van der Waals surface area contributed by atoms with Gasteiger partial charge in [-0.2, -0.15) is 0 Å². The maximum absolute atomic E-state index is 13.5. The van der Waals surface area contributed by atoms with Crippen LogP contribution in [0.5, 0.6) is 0 Å². The largest absolute Gasteiger partial charge is 0.349 e. The molecule has 128 valence electrons. The highest BCUT2D eigenvalue weighted by Crippen LogP contribution is 2.17. The minimum Gasteiger partial charge on any atom is -0.349 e. The molecule has 1 aromatic carbocycles. The van der Waals surface area contributed by atoms with E-state index in [0.29, 0.717) is 16.6 Å². The van der Waals surface area contributed by atoms with Crippen LogP contribution in [-0.2, 0) is 9.84 Å². The maximum atomic E-state index is 13.5. The minimum absolute atomic E-state index is 0.0312. The first-order valence-electron chi connectivity index (χ1n) is 7.40. The van der Waals surface area contributed by atoms with Crippen LogP contribution in [0.3, 0.4) is 0 Å². The highest BCUT2D eigenvalue weighted by atomic mass is 79.9. The zero-order valence-electron chi connectivity index (χ0n) is 12.9. The lowest BCUT2D eigenvalue weighted by Crippen LogP contribution is -2.45. The number of nitrogens with zero attached hydrogens (tertiary/aromatic N) is 1. The second-order valence-corrected chi connectivity index (χ2v) is 8.96. The molecule has 1 saturated heterocycles.